The Hall–Kier alpha value is -0.410. The highest BCUT2D eigenvalue weighted by Crippen LogP contribution is 2.46. The van der Waals surface area contributed by atoms with Gasteiger partial charge in [0, 0.05) is 10.0 Å². The summed E-state index contributed by atoms with van der Waals surface area (Å²) in [6.45, 7) is 2.06. The maximum absolute atomic E-state index is 13.4. The van der Waals surface area contributed by atoms with E-state index in [1.165, 1.54) is 6.07 Å². The molecule has 1 fully saturated rings. The molecule has 0 radical (unpaired) electrons. The molecule has 3 heteroatoms. The van der Waals surface area contributed by atoms with Crippen LogP contribution in [0.25, 0.3) is 0 Å². The third kappa shape index (κ3) is 1.59. The molecule has 1 aliphatic rings. The van der Waals surface area contributed by atoms with Crippen molar-refractivity contribution in [1.82, 2.24) is 0 Å². The van der Waals surface area contributed by atoms with Crippen molar-refractivity contribution in [3.8, 4) is 0 Å². The van der Waals surface area contributed by atoms with Gasteiger partial charge < -0.3 is 5.11 Å². The maximum atomic E-state index is 13.4. The lowest BCUT2D eigenvalue weighted by Crippen LogP contribution is -2.40. The van der Waals surface area contributed by atoms with Crippen LogP contribution in [0.2, 0.25) is 0 Å². The van der Waals surface area contributed by atoms with Crippen LogP contribution in [0.4, 0.5) is 4.39 Å². The molecule has 0 aromatic heterocycles. The van der Waals surface area contributed by atoms with E-state index < -0.39 is 5.60 Å². The van der Waals surface area contributed by atoms with Crippen LogP contribution in [0.1, 0.15) is 25.3 Å². The Kier molecular flexibility index (Phi) is 2.40. The quantitative estimate of drug-likeness (QED) is 0.821. The molecular formula is C11H12BrFO. The summed E-state index contributed by atoms with van der Waals surface area (Å²) >= 11 is 3.28. The van der Waals surface area contributed by atoms with Gasteiger partial charge in [-0.3, -0.25) is 0 Å². The molecular weight excluding hydrogens is 247 g/mol. The topological polar surface area (TPSA) is 20.2 Å². The van der Waals surface area contributed by atoms with Crippen LogP contribution in [-0.4, -0.2) is 5.11 Å². The van der Waals surface area contributed by atoms with E-state index in [1.807, 2.05) is 0 Å². The fraction of sp³-hybridized carbons (Fsp3) is 0.455. The molecule has 1 aromatic carbocycles. The van der Waals surface area contributed by atoms with E-state index in [4.69, 9.17) is 0 Å². The van der Waals surface area contributed by atoms with Crippen molar-refractivity contribution in [2.75, 3.05) is 0 Å². The van der Waals surface area contributed by atoms with E-state index in [9.17, 15) is 9.50 Å². The molecule has 1 N–H and O–H groups in total. The minimum atomic E-state index is -0.937. The number of aliphatic hydroxyl groups is 1. The van der Waals surface area contributed by atoms with Crippen LogP contribution >= 0.6 is 15.9 Å². The molecule has 0 unspecified atom stereocenters. The van der Waals surface area contributed by atoms with Crippen LogP contribution in [-0.2, 0) is 5.60 Å². The van der Waals surface area contributed by atoms with Gasteiger partial charge in [-0.05, 0) is 37.0 Å². The van der Waals surface area contributed by atoms with Gasteiger partial charge in [-0.1, -0.05) is 22.9 Å². The lowest BCUT2D eigenvalue weighted by Gasteiger charge is -2.42. The highest BCUT2D eigenvalue weighted by atomic mass is 79.9. The Bertz CT molecular complexity index is 358. The average molecular weight is 259 g/mol. The summed E-state index contributed by atoms with van der Waals surface area (Å²) in [4.78, 5) is 0. The zero-order valence-electron chi connectivity index (χ0n) is 7.93. The summed E-state index contributed by atoms with van der Waals surface area (Å²) < 4.78 is 14.2. The largest absolute Gasteiger partial charge is 0.385 e. The van der Waals surface area contributed by atoms with E-state index in [0.717, 1.165) is 4.47 Å². The molecule has 0 spiro atoms. The molecule has 1 nitrogen and oxygen atoms in total. The lowest BCUT2D eigenvalue weighted by atomic mass is 9.68. The Labute approximate surface area is 91.1 Å². The van der Waals surface area contributed by atoms with Gasteiger partial charge in [-0.15, -0.1) is 0 Å². The first-order chi connectivity index (χ1) is 6.51. The minimum Gasteiger partial charge on any atom is -0.385 e. The molecule has 0 aliphatic heterocycles. The van der Waals surface area contributed by atoms with Crippen LogP contribution in [0.3, 0.4) is 0 Å². The SMILES string of the molecule is CC1CC(O)(c2cc(Br)ccc2F)C1. The predicted octanol–water partition coefficient (Wildman–Crippen LogP) is 3.21. The van der Waals surface area contributed by atoms with Gasteiger partial charge in [0.1, 0.15) is 5.82 Å². The number of hydrogen-bond donors (Lipinski definition) is 1. The summed E-state index contributed by atoms with van der Waals surface area (Å²) in [5.41, 5.74) is -0.516. The second-order valence-electron chi connectivity index (χ2n) is 4.17. The van der Waals surface area contributed by atoms with Gasteiger partial charge >= 0.3 is 0 Å². The van der Waals surface area contributed by atoms with Crippen molar-refractivity contribution in [1.29, 1.82) is 0 Å². The first-order valence-corrected chi connectivity index (χ1v) is 5.48. The Balaban J connectivity index is 2.36. The van der Waals surface area contributed by atoms with Crippen molar-refractivity contribution in [3.63, 3.8) is 0 Å². The molecule has 0 saturated heterocycles. The first kappa shape index (κ1) is 10.1. The molecule has 0 heterocycles. The van der Waals surface area contributed by atoms with Gasteiger partial charge in [-0.2, -0.15) is 0 Å². The summed E-state index contributed by atoms with van der Waals surface area (Å²) in [6.07, 6.45) is 1.31. The smallest absolute Gasteiger partial charge is 0.129 e. The first-order valence-electron chi connectivity index (χ1n) is 4.69. The van der Waals surface area contributed by atoms with Gasteiger partial charge in [0.05, 0.1) is 5.60 Å². The van der Waals surface area contributed by atoms with Crippen molar-refractivity contribution in [2.24, 2.45) is 5.92 Å². The zero-order valence-corrected chi connectivity index (χ0v) is 9.51. The molecule has 1 aliphatic carbocycles. The summed E-state index contributed by atoms with van der Waals surface area (Å²) in [5, 5.41) is 10.1. The number of rotatable bonds is 1. The number of benzene rings is 1. The molecule has 0 atom stereocenters. The molecule has 0 bridgehead atoms. The van der Waals surface area contributed by atoms with Crippen LogP contribution in [0.15, 0.2) is 22.7 Å². The molecule has 2 rings (SSSR count). The second kappa shape index (κ2) is 3.31. The van der Waals surface area contributed by atoms with Gasteiger partial charge in [0.25, 0.3) is 0 Å². The summed E-state index contributed by atoms with van der Waals surface area (Å²) in [7, 11) is 0. The molecule has 1 saturated carbocycles. The summed E-state index contributed by atoms with van der Waals surface area (Å²) in [6, 6.07) is 4.70. The fourth-order valence-electron chi connectivity index (χ4n) is 2.17. The molecule has 76 valence electrons. The molecule has 14 heavy (non-hydrogen) atoms. The van der Waals surface area contributed by atoms with Gasteiger partial charge in [0.15, 0.2) is 0 Å². The normalized spacial score (nSPS) is 31.3. The molecule has 1 aromatic rings. The predicted molar refractivity (Wildman–Crippen MR) is 56.4 cm³/mol. The lowest BCUT2D eigenvalue weighted by molar-refractivity contribution is -0.0763. The standard InChI is InChI=1S/C11H12BrFO/c1-7-5-11(14,6-7)9-4-8(12)2-3-10(9)13/h2-4,7,14H,5-6H2,1H3. The third-order valence-electron chi connectivity index (χ3n) is 2.80. The van der Waals surface area contributed by atoms with E-state index in [2.05, 4.69) is 22.9 Å². The van der Waals surface area contributed by atoms with Crippen molar-refractivity contribution >= 4 is 15.9 Å². The zero-order chi connectivity index (χ0) is 10.3. The van der Waals surface area contributed by atoms with Crippen LogP contribution in [0, 0.1) is 11.7 Å². The van der Waals surface area contributed by atoms with Crippen molar-refractivity contribution in [3.05, 3.63) is 34.1 Å². The minimum absolute atomic E-state index is 0.317. The van der Waals surface area contributed by atoms with E-state index >= 15 is 0 Å². The molecule has 0 amide bonds. The van der Waals surface area contributed by atoms with Gasteiger partial charge in [0.2, 0.25) is 0 Å². The average Bonchev–Trinajstić information content (AvgIpc) is 2.07. The highest BCUT2D eigenvalue weighted by Gasteiger charge is 2.43. The third-order valence-corrected chi connectivity index (χ3v) is 3.30. The number of halogens is 2. The second-order valence-corrected chi connectivity index (χ2v) is 5.08. The summed E-state index contributed by atoms with van der Waals surface area (Å²) in [5.74, 6) is 0.168. The van der Waals surface area contributed by atoms with Crippen molar-refractivity contribution < 1.29 is 9.50 Å². The van der Waals surface area contributed by atoms with E-state index in [-0.39, 0.29) is 5.82 Å². The van der Waals surface area contributed by atoms with Crippen molar-refractivity contribution in [2.45, 2.75) is 25.4 Å². The van der Waals surface area contributed by atoms with Crippen LogP contribution < -0.4 is 0 Å². The van der Waals surface area contributed by atoms with Crippen LogP contribution in [0.5, 0.6) is 0 Å². The highest BCUT2D eigenvalue weighted by molar-refractivity contribution is 9.10. The maximum Gasteiger partial charge on any atom is 0.129 e. The Morgan fingerprint density at radius 2 is 2.14 bits per heavy atom. The Morgan fingerprint density at radius 3 is 2.71 bits per heavy atom. The van der Waals surface area contributed by atoms with Gasteiger partial charge in [-0.25, -0.2) is 4.39 Å². The Morgan fingerprint density at radius 1 is 1.50 bits per heavy atom. The number of hydrogen-bond acceptors (Lipinski definition) is 1. The monoisotopic (exact) mass is 258 g/mol. The fourth-order valence-corrected chi connectivity index (χ4v) is 2.53. The van der Waals surface area contributed by atoms with E-state index in [1.54, 1.807) is 12.1 Å². The van der Waals surface area contributed by atoms with E-state index in [0.29, 0.717) is 24.3 Å².